The second-order valence-electron chi connectivity index (χ2n) is 5.53. The molecule has 1 N–H and O–H groups in total. The molecule has 1 saturated heterocycles. The molecule has 3 unspecified atom stereocenters. The zero-order valence-corrected chi connectivity index (χ0v) is 13.4. The molecule has 0 spiro atoms. The summed E-state index contributed by atoms with van der Waals surface area (Å²) < 4.78 is 0. The average Bonchev–Trinajstić information content (AvgIpc) is 2.37. The van der Waals surface area contributed by atoms with Crippen LogP contribution in [0.2, 0.25) is 0 Å². The minimum Gasteiger partial charge on any atom is -0.342 e. The number of amides is 2. The Morgan fingerprint density at radius 1 is 1.32 bits per heavy atom. The number of carbonyl (C=O) groups is 2. The molecule has 1 rings (SSSR count). The third kappa shape index (κ3) is 3.65. The average molecular weight is 286 g/mol. The summed E-state index contributed by atoms with van der Waals surface area (Å²) >= 11 is 1.77. The first-order chi connectivity index (χ1) is 8.93. The normalized spacial score (nSPS) is 25.7. The summed E-state index contributed by atoms with van der Waals surface area (Å²) in [5.41, 5.74) is 0. The van der Waals surface area contributed by atoms with Gasteiger partial charge in [-0.25, -0.2) is 0 Å². The van der Waals surface area contributed by atoms with E-state index in [0.29, 0.717) is 6.42 Å². The molecule has 0 aromatic heterocycles. The van der Waals surface area contributed by atoms with Gasteiger partial charge in [-0.2, -0.15) is 11.8 Å². The highest BCUT2D eigenvalue weighted by Gasteiger charge is 2.42. The van der Waals surface area contributed by atoms with Crippen molar-refractivity contribution >= 4 is 23.6 Å². The quantitative estimate of drug-likeness (QED) is 0.811. The van der Waals surface area contributed by atoms with Gasteiger partial charge >= 0.3 is 0 Å². The molecule has 0 aromatic rings. The molecule has 4 nitrogen and oxygen atoms in total. The van der Waals surface area contributed by atoms with Crippen LogP contribution >= 0.6 is 11.8 Å². The van der Waals surface area contributed by atoms with E-state index >= 15 is 0 Å². The predicted octanol–water partition coefficient (Wildman–Crippen LogP) is 1.89. The van der Waals surface area contributed by atoms with Crippen molar-refractivity contribution in [3.63, 3.8) is 0 Å². The van der Waals surface area contributed by atoms with E-state index < -0.39 is 0 Å². The lowest BCUT2D eigenvalue weighted by atomic mass is 9.95. The number of nitrogens with one attached hydrogen (secondary N) is 1. The molecule has 5 heteroatoms. The van der Waals surface area contributed by atoms with Gasteiger partial charge in [0.2, 0.25) is 11.8 Å². The summed E-state index contributed by atoms with van der Waals surface area (Å²) in [6.07, 6.45) is 3.67. The van der Waals surface area contributed by atoms with Crippen molar-refractivity contribution in [3.8, 4) is 0 Å². The Bertz CT molecular complexity index is 333. The Balaban J connectivity index is 2.92. The Morgan fingerprint density at radius 3 is 2.42 bits per heavy atom. The van der Waals surface area contributed by atoms with E-state index in [1.807, 2.05) is 32.6 Å². The molecule has 110 valence electrons. The van der Waals surface area contributed by atoms with Gasteiger partial charge in [-0.1, -0.05) is 20.8 Å². The van der Waals surface area contributed by atoms with Gasteiger partial charge in [-0.15, -0.1) is 0 Å². The maximum atomic E-state index is 12.6. The zero-order chi connectivity index (χ0) is 14.6. The van der Waals surface area contributed by atoms with E-state index in [9.17, 15) is 9.59 Å². The topological polar surface area (TPSA) is 49.4 Å². The lowest BCUT2D eigenvalue weighted by Crippen LogP contribution is -2.66. The fourth-order valence-electron chi connectivity index (χ4n) is 2.54. The molecule has 1 heterocycles. The van der Waals surface area contributed by atoms with Gasteiger partial charge in [0.25, 0.3) is 0 Å². The van der Waals surface area contributed by atoms with Crippen LogP contribution in [0.4, 0.5) is 0 Å². The molecule has 0 aromatic carbocycles. The second kappa shape index (κ2) is 7.17. The molecule has 1 aliphatic heterocycles. The highest BCUT2D eigenvalue weighted by atomic mass is 32.2. The van der Waals surface area contributed by atoms with Crippen LogP contribution in [0.15, 0.2) is 0 Å². The van der Waals surface area contributed by atoms with Gasteiger partial charge < -0.3 is 10.2 Å². The van der Waals surface area contributed by atoms with Gasteiger partial charge in [-0.3, -0.25) is 9.59 Å². The smallest absolute Gasteiger partial charge is 0.246 e. The molecule has 1 fully saturated rings. The summed E-state index contributed by atoms with van der Waals surface area (Å²) in [6, 6.07) is -0.552. The van der Waals surface area contributed by atoms with E-state index in [4.69, 9.17) is 0 Å². The van der Waals surface area contributed by atoms with Crippen molar-refractivity contribution in [2.75, 3.05) is 12.0 Å². The van der Waals surface area contributed by atoms with Gasteiger partial charge in [-0.05, 0) is 37.7 Å². The molecule has 0 saturated carbocycles. The summed E-state index contributed by atoms with van der Waals surface area (Å²) in [7, 11) is 0. The highest BCUT2D eigenvalue weighted by molar-refractivity contribution is 7.98. The minimum atomic E-state index is -0.368. The summed E-state index contributed by atoms with van der Waals surface area (Å²) in [5, 5.41) is 2.87. The van der Waals surface area contributed by atoms with E-state index in [1.165, 1.54) is 0 Å². The molecule has 2 amide bonds. The number of hydrogen-bond donors (Lipinski definition) is 1. The largest absolute Gasteiger partial charge is 0.342 e. The molecule has 1 aliphatic rings. The third-order valence-corrected chi connectivity index (χ3v) is 4.37. The van der Waals surface area contributed by atoms with Crippen LogP contribution in [0.25, 0.3) is 0 Å². The Morgan fingerprint density at radius 2 is 1.95 bits per heavy atom. The van der Waals surface area contributed by atoms with E-state index in [0.717, 1.165) is 12.2 Å². The number of hydrogen-bond acceptors (Lipinski definition) is 3. The number of carbonyl (C=O) groups excluding carboxylic acids is 2. The summed E-state index contributed by atoms with van der Waals surface area (Å²) in [6.45, 7) is 7.95. The van der Waals surface area contributed by atoms with Crippen LogP contribution in [0.1, 0.15) is 40.5 Å². The van der Waals surface area contributed by atoms with Crippen LogP contribution in [-0.2, 0) is 9.59 Å². The van der Waals surface area contributed by atoms with Gasteiger partial charge in [0.15, 0.2) is 0 Å². The Hall–Kier alpha value is -0.710. The molecule has 19 heavy (non-hydrogen) atoms. The molecular formula is C14H26N2O2S. The third-order valence-electron chi connectivity index (χ3n) is 3.72. The summed E-state index contributed by atoms with van der Waals surface area (Å²) in [5.74, 6) is 1.21. The van der Waals surface area contributed by atoms with E-state index in [1.54, 1.807) is 11.8 Å². The van der Waals surface area contributed by atoms with Gasteiger partial charge in [0, 0.05) is 6.04 Å². The number of thioether (sulfide) groups is 1. The van der Waals surface area contributed by atoms with Crippen LogP contribution in [-0.4, -0.2) is 46.8 Å². The Labute approximate surface area is 120 Å². The van der Waals surface area contributed by atoms with Crippen molar-refractivity contribution in [2.24, 2.45) is 5.92 Å². The maximum absolute atomic E-state index is 12.6. The number of nitrogens with zero attached hydrogens (tertiary/aromatic N) is 1. The Kier molecular flexibility index (Phi) is 6.17. The standard InChI is InChI=1S/C14H26N2O2S/c1-6-11-13(17)15-12(9(2)3)14(18)16(11)10(4)7-8-19-5/h9-12H,6-8H2,1-5H3,(H,15,17). The number of piperazine rings is 1. The van der Waals surface area contributed by atoms with Crippen molar-refractivity contribution in [3.05, 3.63) is 0 Å². The van der Waals surface area contributed by atoms with Crippen molar-refractivity contribution < 1.29 is 9.59 Å². The molecular weight excluding hydrogens is 260 g/mol. The number of rotatable bonds is 6. The van der Waals surface area contributed by atoms with E-state index in [2.05, 4.69) is 11.6 Å². The summed E-state index contributed by atoms with van der Waals surface area (Å²) in [4.78, 5) is 26.6. The fourth-order valence-corrected chi connectivity index (χ4v) is 3.11. The highest BCUT2D eigenvalue weighted by Crippen LogP contribution is 2.22. The van der Waals surface area contributed by atoms with Crippen molar-refractivity contribution in [1.82, 2.24) is 10.2 Å². The fraction of sp³-hybridized carbons (Fsp3) is 0.857. The molecule has 0 radical (unpaired) electrons. The minimum absolute atomic E-state index is 0.00296. The lowest BCUT2D eigenvalue weighted by molar-refractivity contribution is -0.153. The van der Waals surface area contributed by atoms with Gasteiger partial charge in [0.05, 0.1) is 0 Å². The molecule has 3 atom stereocenters. The first-order valence-electron chi connectivity index (χ1n) is 7.05. The molecule has 0 bridgehead atoms. The van der Waals surface area contributed by atoms with E-state index in [-0.39, 0.29) is 35.9 Å². The van der Waals surface area contributed by atoms with Crippen molar-refractivity contribution in [1.29, 1.82) is 0 Å². The monoisotopic (exact) mass is 286 g/mol. The van der Waals surface area contributed by atoms with Crippen LogP contribution in [0, 0.1) is 5.92 Å². The van der Waals surface area contributed by atoms with Crippen LogP contribution < -0.4 is 5.32 Å². The first kappa shape index (κ1) is 16.3. The maximum Gasteiger partial charge on any atom is 0.246 e. The first-order valence-corrected chi connectivity index (χ1v) is 8.44. The SMILES string of the molecule is CCC1C(=O)NC(C(C)C)C(=O)N1C(C)CCSC. The van der Waals surface area contributed by atoms with Crippen LogP contribution in [0.5, 0.6) is 0 Å². The van der Waals surface area contributed by atoms with Crippen molar-refractivity contribution in [2.45, 2.75) is 58.7 Å². The molecule has 0 aliphatic carbocycles. The van der Waals surface area contributed by atoms with Gasteiger partial charge in [0.1, 0.15) is 12.1 Å². The second-order valence-corrected chi connectivity index (χ2v) is 6.52. The lowest BCUT2D eigenvalue weighted by Gasteiger charge is -2.43. The van der Waals surface area contributed by atoms with Crippen LogP contribution in [0.3, 0.4) is 0 Å². The zero-order valence-electron chi connectivity index (χ0n) is 12.6. The predicted molar refractivity (Wildman–Crippen MR) is 80.2 cm³/mol.